The lowest BCUT2D eigenvalue weighted by atomic mass is 9.84. The minimum absolute atomic E-state index is 0.768. The zero-order valence-corrected chi connectivity index (χ0v) is 23.6. The first-order valence-corrected chi connectivity index (χ1v) is 13.4. The maximum absolute atomic E-state index is 6.10. The maximum Gasteiger partial charge on any atom is 0.0470 e. The molecule has 1 aliphatic rings. The lowest BCUT2D eigenvalue weighted by molar-refractivity contribution is 0.442. The second-order valence-corrected chi connectivity index (χ2v) is 11.0. The Morgan fingerprint density at radius 2 is 1.30 bits per heavy atom. The predicted octanol–water partition coefficient (Wildman–Crippen LogP) is 10.8. The van der Waals surface area contributed by atoms with Gasteiger partial charge in [0.1, 0.15) is 0 Å². The molecule has 0 spiro atoms. The lowest BCUT2D eigenvalue weighted by Gasteiger charge is -2.24. The van der Waals surface area contributed by atoms with Crippen LogP contribution in [0.2, 0.25) is 10.0 Å². The van der Waals surface area contributed by atoms with Crippen LogP contribution < -0.4 is 0 Å². The van der Waals surface area contributed by atoms with Crippen molar-refractivity contribution in [2.24, 2.45) is 0 Å². The standard InChI is InChI=1S/C16H22Br2.C10H12Cl2/c1-2-3-7-13-10-16(18)14(11-15(13)17)12-8-5-4-6-9-12;1-5-6(2)10(12)8(4)7(3)9(5)11/h10-12H,2-9H2,1H3;1-4H3. The van der Waals surface area contributed by atoms with Crippen molar-refractivity contribution in [3.8, 4) is 0 Å². The smallest absolute Gasteiger partial charge is 0.0470 e. The summed E-state index contributed by atoms with van der Waals surface area (Å²) in [6.45, 7) is 10.2. The third kappa shape index (κ3) is 6.50. The Morgan fingerprint density at radius 1 is 0.800 bits per heavy atom. The summed E-state index contributed by atoms with van der Waals surface area (Å²) in [5.41, 5.74) is 7.31. The van der Waals surface area contributed by atoms with Crippen molar-refractivity contribution in [1.82, 2.24) is 0 Å². The average Bonchev–Trinajstić information content (AvgIpc) is 2.76. The van der Waals surface area contributed by atoms with Crippen molar-refractivity contribution in [3.63, 3.8) is 0 Å². The monoisotopic (exact) mass is 574 g/mol. The molecule has 1 aliphatic carbocycles. The molecule has 0 aromatic heterocycles. The summed E-state index contributed by atoms with van der Waals surface area (Å²) in [6, 6.07) is 4.70. The number of aryl methyl sites for hydroxylation is 1. The number of rotatable bonds is 4. The Labute approximate surface area is 210 Å². The normalized spacial score (nSPS) is 14.4. The van der Waals surface area contributed by atoms with Crippen LogP contribution in [-0.2, 0) is 6.42 Å². The molecule has 0 unspecified atom stereocenters. The summed E-state index contributed by atoms with van der Waals surface area (Å²) in [4.78, 5) is 0. The largest absolute Gasteiger partial charge is 0.0837 e. The van der Waals surface area contributed by atoms with Crippen LogP contribution >= 0.6 is 55.1 Å². The molecule has 0 atom stereocenters. The molecule has 1 saturated carbocycles. The van der Waals surface area contributed by atoms with E-state index in [0.29, 0.717) is 0 Å². The SMILES string of the molecule is CCCCc1cc(Br)c(C2CCCCC2)cc1Br.Cc1c(C)c(Cl)c(C)c(C)c1Cl. The van der Waals surface area contributed by atoms with Crippen LogP contribution in [0, 0.1) is 27.7 Å². The Bertz CT molecular complexity index is 763. The summed E-state index contributed by atoms with van der Waals surface area (Å²) >= 11 is 19.7. The van der Waals surface area contributed by atoms with E-state index in [2.05, 4.69) is 50.9 Å². The molecule has 0 bridgehead atoms. The van der Waals surface area contributed by atoms with Gasteiger partial charge in [-0.25, -0.2) is 0 Å². The van der Waals surface area contributed by atoms with Gasteiger partial charge in [0, 0.05) is 19.0 Å². The minimum atomic E-state index is 0.768. The molecule has 30 heavy (non-hydrogen) atoms. The molecule has 0 saturated heterocycles. The Hall–Kier alpha value is -0.0200. The summed E-state index contributed by atoms with van der Waals surface area (Å²) in [5, 5.41) is 1.68. The molecule has 1 fully saturated rings. The number of hydrogen-bond acceptors (Lipinski definition) is 0. The first-order chi connectivity index (χ1) is 14.2. The average molecular weight is 577 g/mol. The highest BCUT2D eigenvalue weighted by atomic mass is 79.9. The van der Waals surface area contributed by atoms with E-state index in [9.17, 15) is 0 Å². The van der Waals surface area contributed by atoms with Gasteiger partial charge in [0.2, 0.25) is 0 Å². The fraction of sp³-hybridized carbons (Fsp3) is 0.538. The predicted molar refractivity (Wildman–Crippen MR) is 142 cm³/mol. The van der Waals surface area contributed by atoms with Gasteiger partial charge in [-0.3, -0.25) is 0 Å². The Balaban J connectivity index is 0.000000232. The van der Waals surface area contributed by atoms with Crippen molar-refractivity contribution < 1.29 is 0 Å². The van der Waals surface area contributed by atoms with E-state index < -0.39 is 0 Å². The van der Waals surface area contributed by atoms with Crippen LogP contribution in [0.15, 0.2) is 21.1 Å². The number of halogens is 4. The van der Waals surface area contributed by atoms with Gasteiger partial charge in [-0.15, -0.1) is 0 Å². The maximum atomic E-state index is 6.10. The van der Waals surface area contributed by atoms with Crippen molar-refractivity contribution in [1.29, 1.82) is 0 Å². The van der Waals surface area contributed by atoms with Crippen molar-refractivity contribution >= 4 is 55.1 Å². The van der Waals surface area contributed by atoms with Gasteiger partial charge < -0.3 is 0 Å². The molecule has 3 rings (SSSR count). The Morgan fingerprint density at radius 3 is 1.77 bits per heavy atom. The molecule has 4 heteroatoms. The van der Waals surface area contributed by atoms with E-state index in [4.69, 9.17) is 23.2 Å². The first kappa shape index (κ1) is 26.2. The minimum Gasteiger partial charge on any atom is -0.0837 e. The molecule has 0 heterocycles. The fourth-order valence-electron chi connectivity index (χ4n) is 4.11. The van der Waals surface area contributed by atoms with Crippen molar-refractivity contribution in [2.45, 2.75) is 91.9 Å². The van der Waals surface area contributed by atoms with Crippen molar-refractivity contribution in [3.05, 3.63) is 64.5 Å². The molecule has 0 amide bonds. The van der Waals surface area contributed by atoms with Gasteiger partial charge in [-0.05, 0) is 105 Å². The van der Waals surface area contributed by atoms with Crippen LogP contribution in [0.4, 0.5) is 0 Å². The third-order valence-corrected chi connectivity index (χ3v) is 9.01. The van der Waals surface area contributed by atoms with Crippen LogP contribution in [0.3, 0.4) is 0 Å². The summed E-state index contributed by atoms with van der Waals surface area (Å²) in [5.74, 6) is 0.768. The summed E-state index contributed by atoms with van der Waals surface area (Å²) in [7, 11) is 0. The molecular weight excluding hydrogens is 543 g/mol. The van der Waals surface area contributed by atoms with Gasteiger partial charge >= 0.3 is 0 Å². The Kier molecular flexibility index (Phi) is 10.7. The molecular formula is C26H34Br2Cl2. The number of unbranched alkanes of at least 4 members (excludes halogenated alkanes) is 1. The van der Waals surface area contributed by atoms with E-state index in [-0.39, 0.29) is 0 Å². The zero-order chi connectivity index (χ0) is 22.4. The number of hydrogen-bond donors (Lipinski definition) is 0. The van der Waals surface area contributed by atoms with Crippen LogP contribution in [0.25, 0.3) is 0 Å². The first-order valence-electron chi connectivity index (χ1n) is 11.1. The lowest BCUT2D eigenvalue weighted by Crippen LogP contribution is -2.06. The van der Waals surface area contributed by atoms with Crippen LogP contribution in [0.1, 0.15) is 91.2 Å². The molecule has 166 valence electrons. The molecule has 2 aromatic carbocycles. The summed E-state index contributed by atoms with van der Waals surface area (Å²) in [6.07, 6.45) is 10.6. The second kappa shape index (κ2) is 12.3. The fourth-order valence-corrected chi connectivity index (χ4v) is 5.95. The quantitative estimate of drug-likeness (QED) is 0.339. The highest BCUT2D eigenvalue weighted by molar-refractivity contribution is 9.11. The van der Waals surface area contributed by atoms with E-state index in [1.165, 1.54) is 71.4 Å². The van der Waals surface area contributed by atoms with Crippen LogP contribution in [-0.4, -0.2) is 0 Å². The van der Waals surface area contributed by atoms with Gasteiger partial charge in [-0.2, -0.15) is 0 Å². The van der Waals surface area contributed by atoms with Crippen LogP contribution in [0.5, 0.6) is 0 Å². The van der Waals surface area contributed by atoms with E-state index in [0.717, 1.165) is 38.2 Å². The topological polar surface area (TPSA) is 0 Å². The third-order valence-electron chi connectivity index (χ3n) is 6.45. The summed E-state index contributed by atoms with van der Waals surface area (Å²) < 4.78 is 2.63. The molecule has 0 nitrogen and oxygen atoms in total. The zero-order valence-electron chi connectivity index (χ0n) is 18.9. The van der Waals surface area contributed by atoms with E-state index >= 15 is 0 Å². The van der Waals surface area contributed by atoms with E-state index in [1.807, 2.05) is 27.7 Å². The number of benzene rings is 2. The van der Waals surface area contributed by atoms with Gasteiger partial charge in [0.25, 0.3) is 0 Å². The van der Waals surface area contributed by atoms with Gasteiger partial charge in [0.15, 0.2) is 0 Å². The van der Waals surface area contributed by atoms with Gasteiger partial charge in [-0.1, -0.05) is 87.7 Å². The molecule has 0 aliphatic heterocycles. The highest BCUT2D eigenvalue weighted by Crippen LogP contribution is 2.39. The molecule has 2 aromatic rings. The van der Waals surface area contributed by atoms with Crippen molar-refractivity contribution in [2.75, 3.05) is 0 Å². The second-order valence-electron chi connectivity index (χ2n) is 8.53. The van der Waals surface area contributed by atoms with E-state index in [1.54, 1.807) is 0 Å². The van der Waals surface area contributed by atoms with Gasteiger partial charge in [0.05, 0.1) is 0 Å². The molecule has 0 radical (unpaired) electrons. The molecule has 0 N–H and O–H groups in total. The highest BCUT2D eigenvalue weighted by Gasteiger charge is 2.19.